The molecule has 0 fully saturated rings. The van der Waals surface area contributed by atoms with E-state index in [1.807, 2.05) is 32.3 Å². The fourth-order valence-corrected chi connectivity index (χ4v) is 0.553. The van der Waals surface area contributed by atoms with Gasteiger partial charge in [-0.05, 0) is 12.3 Å². The van der Waals surface area contributed by atoms with E-state index in [0.717, 1.165) is 5.03 Å². The van der Waals surface area contributed by atoms with Crippen LogP contribution in [-0.2, 0) is 0 Å². The molecule has 0 atom stereocenters. The highest BCUT2D eigenvalue weighted by atomic mass is 32.2. The molecule has 0 aliphatic heterocycles. The SMILES string of the molecule is C=C(NN)S/C=C\C.CC. The first-order valence-corrected chi connectivity index (χ1v) is 4.12. The second-order valence-corrected chi connectivity index (χ2v) is 2.16. The van der Waals surface area contributed by atoms with Crippen molar-refractivity contribution in [3.8, 4) is 0 Å². The zero-order chi connectivity index (χ0) is 8.41. The molecule has 3 N–H and O–H groups in total. The predicted molar refractivity (Wildman–Crippen MR) is 50.2 cm³/mol. The molecular weight excluding hydrogens is 144 g/mol. The molecule has 60 valence electrons. The fourth-order valence-electron chi connectivity index (χ4n) is 0.184. The molecule has 0 bridgehead atoms. The molecule has 3 heteroatoms. The number of hydrogen-bond acceptors (Lipinski definition) is 3. The molecule has 2 nitrogen and oxygen atoms in total. The van der Waals surface area contributed by atoms with Crippen LogP contribution in [-0.4, -0.2) is 0 Å². The number of thioether (sulfide) groups is 1. The summed E-state index contributed by atoms with van der Waals surface area (Å²) in [6.07, 6.45) is 1.92. The molecule has 0 rings (SSSR count). The molecule has 0 saturated carbocycles. The molecule has 0 aromatic carbocycles. The Morgan fingerprint density at radius 2 is 2.10 bits per heavy atom. The molecule has 10 heavy (non-hydrogen) atoms. The molecule has 0 spiro atoms. The van der Waals surface area contributed by atoms with Crippen molar-refractivity contribution in [2.45, 2.75) is 20.8 Å². The number of allylic oxidation sites excluding steroid dienone is 1. The van der Waals surface area contributed by atoms with E-state index >= 15 is 0 Å². The highest BCUT2D eigenvalue weighted by molar-refractivity contribution is 8.05. The van der Waals surface area contributed by atoms with Gasteiger partial charge in [0.2, 0.25) is 0 Å². The van der Waals surface area contributed by atoms with Crippen molar-refractivity contribution >= 4 is 11.8 Å². The largest absolute Gasteiger partial charge is 0.319 e. The summed E-state index contributed by atoms with van der Waals surface area (Å²) in [4.78, 5) is 0. The topological polar surface area (TPSA) is 38.0 Å². The van der Waals surface area contributed by atoms with E-state index in [9.17, 15) is 0 Å². The summed E-state index contributed by atoms with van der Waals surface area (Å²) in [6.45, 7) is 9.53. The average molecular weight is 160 g/mol. The van der Waals surface area contributed by atoms with Crippen molar-refractivity contribution in [1.82, 2.24) is 5.43 Å². The van der Waals surface area contributed by atoms with Crippen LogP contribution in [0.3, 0.4) is 0 Å². The van der Waals surface area contributed by atoms with Crippen LogP contribution in [0.4, 0.5) is 0 Å². The molecule has 0 aromatic rings. The van der Waals surface area contributed by atoms with Gasteiger partial charge in [-0.25, -0.2) is 0 Å². The summed E-state index contributed by atoms with van der Waals surface area (Å²) in [5.74, 6) is 5.01. The van der Waals surface area contributed by atoms with Crippen molar-refractivity contribution in [1.29, 1.82) is 0 Å². The van der Waals surface area contributed by atoms with E-state index in [0.29, 0.717) is 0 Å². The van der Waals surface area contributed by atoms with Crippen LogP contribution < -0.4 is 11.3 Å². The maximum atomic E-state index is 5.01. The van der Waals surface area contributed by atoms with Crippen LogP contribution in [0, 0.1) is 0 Å². The molecule has 0 aromatic heterocycles. The Bertz CT molecular complexity index is 99.8. The van der Waals surface area contributed by atoms with Crippen LogP contribution >= 0.6 is 11.8 Å². The Morgan fingerprint density at radius 1 is 1.60 bits per heavy atom. The third-order valence-corrected chi connectivity index (χ3v) is 1.32. The smallest absolute Gasteiger partial charge is 0.0791 e. The summed E-state index contributed by atoms with van der Waals surface area (Å²) in [7, 11) is 0. The first-order chi connectivity index (χ1) is 4.81. The molecular formula is C7H16N2S. The third kappa shape index (κ3) is 10.5. The Hall–Kier alpha value is -0.410. The second-order valence-electron chi connectivity index (χ2n) is 1.15. The Morgan fingerprint density at radius 3 is 2.40 bits per heavy atom. The van der Waals surface area contributed by atoms with Gasteiger partial charge in [0.15, 0.2) is 0 Å². The van der Waals surface area contributed by atoms with Crippen LogP contribution in [0.1, 0.15) is 20.8 Å². The van der Waals surface area contributed by atoms with E-state index in [2.05, 4.69) is 12.0 Å². The molecule has 0 heterocycles. The van der Waals surface area contributed by atoms with Gasteiger partial charge in [0.25, 0.3) is 0 Å². The highest BCUT2D eigenvalue weighted by Gasteiger charge is 1.80. The Balaban J connectivity index is 0. The van der Waals surface area contributed by atoms with E-state index < -0.39 is 0 Å². The highest BCUT2D eigenvalue weighted by Crippen LogP contribution is 2.08. The van der Waals surface area contributed by atoms with Crippen molar-refractivity contribution in [3.63, 3.8) is 0 Å². The molecule has 0 aliphatic rings. The minimum absolute atomic E-state index is 0.753. The zero-order valence-electron chi connectivity index (χ0n) is 6.85. The van der Waals surface area contributed by atoms with Gasteiger partial charge >= 0.3 is 0 Å². The fraction of sp³-hybridized carbons (Fsp3) is 0.429. The maximum Gasteiger partial charge on any atom is 0.0791 e. The minimum Gasteiger partial charge on any atom is -0.319 e. The lowest BCUT2D eigenvalue weighted by Crippen LogP contribution is -2.17. The van der Waals surface area contributed by atoms with Gasteiger partial charge < -0.3 is 5.43 Å². The second kappa shape index (κ2) is 11.4. The van der Waals surface area contributed by atoms with Crippen molar-refractivity contribution < 1.29 is 0 Å². The molecule has 0 unspecified atom stereocenters. The van der Waals surface area contributed by atoms with Crippen LogP contribution in [0.15, 0.2) is 23.1 Å². The van der Waals surface area contributed by atoms with Crippen molar-refractivity contribution in [3.05, 3.63) is 23.1 Å². The van der Waals surface area contributed by atoms with Gasteiger partial charge in [0.05, 0.1) is 5.03 Å². The Labute approximate surface area is 67.5 Å². The normalized spacial score (nSPS) is 8.40. The van der Waals surface area contributed by atoms with Gasteiger partial charge in [0, 0.05) is 0 Å². The minimum atomic E-state index is 0.753. The number of nitrogens with two attached hydrogens (primary N) is 1. The monoisotopic (exact) mass is 160 g/mol. The summed E-state index contributed by atoms with van der Waals surface area (Å²) < 4.78 is 0. The zero-order valence-corrected chi connectivity index (χ0v) is 7.66. The number of nitrogens with one attached hydrogen (secondary N) is 1. The van der Waals surface area contributed by atoms with Gasteiger partial charge in [-0.1, -0.05) is 38.3 Å². The molecule has 0 amide bonds. The van der Waals surface area contributed by atoms with Gasteiger partial charge in [-0.15, -0.1) is 0 Å². The van der Waals surface area contributed by atoms with E-state index in [1.54, 1.807) is 0 Å². The van der Waals surface area contributed by atoms with E-state index in [-0.39, 0.29) is 0 Å². The van der Waals surface area contributed by atoms with Crippen LogP contribution in [0.25, 0.3) is 0 Å². The molecule has 0 radical (unpaired) electrons. The lowest BCUT2D eigenvalue weighted by molar-refractivity contribution is 0.955. The third-order valence-electron chi connectivity index (χ3n) is 0.507. The molecule has 0 aliphatic carbocycles. The molecule has 0 saturated heterocycles. The van der Waals surface area contributed by atoms with Gasteiger partial charge in [-0.2, -0.15) is 0 Å². The lowest BCUT2D eigenvalue weighted by Gasteiger charge is -1.95. The summed E-state index contributed by atoms with van der Waals surface area (Å²) in [6, 6.07) is 0. The Kier molecular flexibility index (Phi) is 14.0. The van der Waals surface area contributed by atoms with Gasteiger partial charge in [-0.3, -0.25) is 5.84 Å². The van der Waals surface area contributed by atoms with E-state index in [1.165, 1.54) is 11.8 Å². The number of hydrogen-bond donors (Lipinski definition) is 2. The van der Waals surface area contributed by atoms with Gasteiger partial charge in [0.1, 0.15) is 0 Å². The standard InChI is InChI=1S/C5H10N2S.C2H6/c1-3-4-8-5(2)7-6;1-2/h3-4,7H,2,6H2,1H3;1-2H3/b4-3-;. The van der Waals surface area contributed by atoms with Crippen LogP contribution in [0.5, 0.6) is 0 Å². The van der Waals surface area contributed by atoms with Crippen molar-refractivity contribution in [2.75, 3.05) is 0 Å². The number of hydrazine groups is 1. The quantitative estimate of drug-likeness (QED) is 0.491. The number of rotatable bonds is 3. The average Bonchev–Trinajstić information content (AvgIpc) is 2.04. The van der Waals surface area contributed by atoms with E-state index in [4.69, 9.17) is 5.84 Å². The van der Waals surface area contributed by atoms with Crippen molar-refractivity contribution in [2.24, 2.45) is 5.84 Å². The summed E-state index contributed by atoms with van der Waals surface area (Å²) in [5, 5.41) is 2.66. The first kappa shape index (κ1) is 12.3. The summed E-state index contributed by atoms with van der Waals surface area (Å²) in [5.41, 5.74) is 2.42. The first-order valence-electron chi connectivity index (χ1n) is 3.24. The summed E-state index contributed by atoms with van der Waals surface area (Å²) >= 11 is 1.47. The maximum absolute atomic E-state index is 5.01. The lowest BCUT2D eigenvalue weighted by atomic mass is 10.8. The predicted octanol–water partition coefficient (Wildman–Crippen LogP) is 2.21. The van der Waals surface area contributed by atoms with Crippen LogP contribution in [0.2, 0.25) is 0 Å².